The number of hydrogen-bond acceptors (Lipinski definition) is 6. The fourth-order valence-electron chi connectivity index (χ4n) is 3.56. The van der Waals surface area contributed by atoms with E-state index in [2.05, 4.69) is 25.2 Å². The van der Waals surface area contributed by atoms with E-state index in [0.717, 1.165) is 43.1 Å². The van der Waals surface area contributed by atoms with Crippen LogP contribution >= 0.6 is 11.8 Å². The second-order valence-electron chi connectivity index (χ2n) is 7.80. The Morgan fingerprint density at radius 3 is 2.36 bits per heavy atom. The molecule has 0 spiro atoms. The molecule has 1 fully saturated rings. The van der Waals surface area contributed by atoms with Gasteiger partial charge in [-0.05, 0) is 63.1 Å². The molecule has 1 unspecified atom stereocenters. The highest BCUT2D eigenvalue weighted by molar-refractivity contribution is 8.00. The molecule has 0 radical (unpaired) electrons. The van der Waals surface area contributed by atoms with Gasteiger partial charge < -0.3 is 15.0 Å². The van der Waals surface area contributed by atoms with Crippen molar-refractivity contribution in [2.45, 2.75) is 43.7 Å². The Balaban J connectivity index is 1.50. The lowest BCUT2D eigenvalue weighted by atomic mass is 10.2. The van der Waals surface area contributed by atoms with E-state index < -0.39 is 11.9 Å². The second kappa shape index (κ2) is 10.2. The summed E-state index contributed by atoms with van der Waals surface area (Å²) in [5.74, 6) is 0.579. The van der Waals surface area contributed by atoms with E-state index in [1.54, 1.807) is 6.92 Å². The Morgan fingerprint density at radius 1 is 1.06 bits per heavy atom. The molecule has 1 aliphatic rings. The van der Waals surface area contributed by atoms with E-state index in [9.17, 15) is 13.6 Å². The van der Waals surface area contributed by atoms with Crippen molar-refractivity contribution >= 4 is 29.3 Å². The van der Waals surface area contributed by atoms with Gasteiger partial charge in [-0.15, -0.1) is 10.2 Å². The molecule has 1 saturated heterocycles. The number of amides is 1. The van der Waals surface area contributed by atoms with Crippen molar-refractivity contribution in [3.05, 3.63) is 54.1 Å². The molecule has 1 atom stereocenters. The lowest BCUT2D eigenvalue weighted by Crippen LogP contribution is -2.24. The number of hydrogen-bond donors (Lipinski definition) is 1. The van der Waals surface area contributed by atoms with E-state index in [1.165, 1.54) is 36.0 Å². The number of nitrogens with zero attached hydrogens (tertiary/aromatic N) is 4. The van der Waals surface area contributed by atoms with Crippen molar-refractivity contribution in [1.82, 2.24) is 14.8 Å². The van der Waals surface area contributed by atoms with Crippen LogP contribution in [0.3, 0.4) is 0 Å². The number of thioether (sulfide) groups is 1. The van der Waals surface area contributed by atoms with Gasteiger partial charge in [-0.1, -0.05) is 29.5 Å². The number of nitrogens with one attached hydrogen (secondary N) is 1. The summed E-state index contributed by atoms with van der Waals surface area (Å²) in [6.07, 6.45) is 2.23. The van der Waals surface area contributed by atoms with Crippen LogP contribution in [-0.4, -0.2) is 45.6 Å². The Bertz CT molecular complexity index is 1080. The lowest BCUT2D eigenvalue weighted by molar-refractivity contribution is -0.115. The number of aromatic nitrogens is 3. The summed E-state index contributed by atoms with van der Waals surface area (Å²) in [7, 11) is 0. The summed E-state index contributed by atoms with van der Waals surface area (Å²) in [5.41, 5.74) is 2.59. The Labute approximate surface area is 195 Å². The number of alkyl halides is 2. The van der Waals surface area contributed by atoms with E-state index in [1.807, 2.05) is 35.8 Å². The molecule has 2 aromatic carbocycles. The first-order valence-electron chi connectivity index (χ1n) is 10.7. The highest BCUT2D eigenvalue weighted by Crippen LogP contribution is 2.31. The van der Waals surface area contributed by atoms with Crippen LogP contribution in [0.15, 0.2) is 53.7 Å². The number of carbonyl (C=O) groups is 1. The normalized spacial score (nSPS) is 14.5. The van der Waals surface area contributed by atoms with Crippen LogP contribution in [0.25, 0.3) is 5.69 Å². The van der Waals surface area contributed by atoms with Gasteiger partial charge in [0, 0.05) is 18.8 Å². The van der Waals surface area contributed by atoms with Crippen LogP contribution < -0.4 is 15.0 Å². The maximum Gasteiger partial charge on any atom is 0.387 e. The third-order valence-corrected chi connectivity index (χ3v) is 6.34. The molecule has 1 aliphatic heterocycles. The standard InChI is InChI=1S/C23H25F2N5O2S/c1-15-5-9-18(10-6-15)30-22(29-13-3-4-14-29)27-28-23(30)33-16(2)20(31)26-17-7-11-19(12-8-17)32-21(24)25/h5-12,16,21H,3-4,13-14H2,1-2H3,(H,26,31). The fourth-order valence-corrected chi connectivity index (χ4v) is 4.42. The van der Waals surface area contributed by atoms with Crippen molar-refractivity contribution in [3.63, 3.8) is 0 Å². The van der Waals surface area contributed by atoms with Crippen LogP contribution in [0.2, 0.25) is 0 Å². The molecule has 4 rings (SSSR count). The van der Waals surface area contributed by atoms with E-state index in [0.29, 0.717) is 10.8 Å². The van der Waals surface area contributed by atoms with Crippen molar-refractivity contribution in [3.8, 4) is 11.4 Å². The van der Waals surface area contributed by atoms with Crippen molar-refractivity contribution in [2.75, 3.05) is 23.3 Å². The summed E-state index contributed by atoms with van der Waals surface area (Å²) in [6.45, 7) is 2.79. The minimum Gasteiger partial charge on any atom is -0.435 e. The summed E-state index contributed by atoms with van der Waals surface area (Å²) in [6, 6.07) is 13.9. The van der Waals surface area contributed by atoms with Crippen LogP contribution in [-0.2, 0) is 4.79 Å². The molecule has 3 aromatic rings. The molecule has 33 heavy (non-hydrogen) atoms. The summed E-state index contributed by atoms with van der Waals surface area (Å²) >= 11 is 1.31. The molecule has 2 heterocycles. The fraction of sp³-hybridized carbons (Fsp3) is 0.348. The molecule has 1 aromatic heterocycles. The molecule has 174 valence electrons. The quantitative estimate of drug-likeness (QED) is 0.470. The zero-order valence-corrected chi connectivity index (χ0v) is 19.2. The van der Waals surface area contributed by atoms with Crippen molar-refractivity contribution in [1.29, 1.82) is 0 Å². The molecule has 0 bridgehead atoms. The summed E-state index contributed by atoms with van der Waals surface area (Å²) in [4.78, 5) is 15.0. The smallest absolute Gasteiger partial charge is 0.387 e. The van der Waals surface area contributed by atoms with E-state index in [-0.39, 0.29) is 11.7 Å². The Kier molecular flexibility index (Phi) is 7.12. The summed E-state index contributed by atoms with van der Waals surface area (Å²) < 4.78 is 30.9. The van der Waals surface area contributed by atoms with Gasteiger partial charge in [0.25, 0.3) is 0 Å². The number of carbonyl (C=O) groups excluding carboxylic acids is 1. The van der Waals surface area contributed by atoms with Gasteiger partial charge in [0.2, 0.25) is 11.9 Å². The van der Waals surface area contributed by atoms with Crippen LogP contribution in [0.5, 0.6) is 5.75 Å². The molecule has 0 saturated carbocycles. The number of benzene rings is 2. The number of anilines is 2. The van der Waals surface area contributed by atoms with Crippen LogP contribution in [0.4, 0.5) is 20.4 Å². The number of rotatable bonds is 8. The summed E-state index contributed by atoms with van der Waals surface area (Å²) in [5, 5.41) is 11.8. The van der Waals surface area contributed by atoms with Crippen LogP contribution in [0.1, 0.15) is 25.3 Å². The van der Waals surface area contributed by atoms with Crippen molar-refractivity contribution < 1.29 is 18.3 Å². The van der Waals surface area contributed by atoms with Crippen molar-refractivity contribution in [2.24, 2.45) is 0 Å². The maximum atomic E-state index is 12.8. The van der Waals surface area contributed by atoms with Gasteiger partial charge in [0.1, 0.15) is 5.75 Å². The molecule has 10 heteroatoms. The Hall–Kier alpha value is -3.14. The Morgan fingerprint density at radius 2 is 1.73 bits per heavy atom. The van der Waals surface area contributed by atoms with Gasteiger partial charge in [0.05, 0.1) is 10.9 Å². The maximum absolute atomic E-state index is 12.8. The highest BCUT2D eigenvalue weighted by Gasteiger charge is 2.25. The SMILES string of the molecule is Cc1ccc(-n2c(SC(C)C(=O)Nc3ccc(OC(F)F)cc3)nnc2N2CCCC2)cc1. The van der Waals surface area contributed by atoms with Gasteiger partial charge >= 0.3 is 6.61 Å². The number of ether oxygens (including phenoxy) is 1. The molecular weight excluding hydrogens is 448 g/mol. The third kappa shape index (κ3) is 5.62. The monoisotopic (exact) mass is 473 g/mol. The van der Waals surface area contributed by atoms with Gasteiger partial charge in [-0.2, -0.15) is 8.78 Å². The average molecular weight is 474 g/mol. The third-order valence-electron chi connectivity index (χ3n) is 5.30. The van der Waals surface area contributed by atoms with Gasteiger partial charge in [-0.3, -0.25) is 9.36 Å². The van der Waals surface area contributed by atoms with E-state index in [4.69, 9.17) is 0 Å². The first-order valence-corrected chi connectivity index (χ1v) is 11.6. The molecule has 1 amide bonds. The average Bonchev–Trinajstić information content (AvgIpc) is 3.45. The first-order chi connectivity index (χ1) is 15.9. The van der Waals surface area contributed by atoms with E-state index >= 15 is 0 Å². The number of halogens is 2. The predicted octanol–water partition coefficient (Wildman–Crippen LogP) is 4.90. The largest absolute Gasteiger partial charge is 0.435 e. The molecule has 1 N–H and O–H groups in total. The minimum atomic E-state index is -2.89. The predicted molar refractivity (Wildman–Crippen MR) is 125 cm³/mol. The minimum absolute atomic E-state index is 0.0334. The lowest BCUT2D eigenvalue weighted by Gasteiger charge is -2.19. The molecule has 7 nitrogen and oxygen atoms in total. The zero-order chi connectivity index (χ0) is 23.4. The van der Waals surface area contributed by atoms with Gasteiger partial charge in [-0.25, -0.2) is 0 Å². The first kappa shape index (κ1) is 23.0. The topological polar surface area (TPSA) is 72.3 Å². The number of aryl methyl sites for hydroxylation is 1. The van der Waals surface area contributed by atoms with Crippen LogP contribution in [0, 0.1) is 6.92 Å². The van der Waals surface area contributed by atoms with Gasteiger partial charge in [0.15, 0.2) is 5.16 Å². The second-order valence-corrected chi connectivity index (χ2v) is 9.11. The molecule has 0 aliphatic carbocycles. The molecular formula is C23H25F2N5O2S. The highest BCUT2D eigenvalue weighted by atomic mass is 32.2. The zero-order valence-electron chi connectivity index (χ0n) is 18.4.